The first kappa shape index (κ1) is 86.9. The maximum atomic E-state index is 9.75. The van der Waals surface area contributed by atoms with Crippen LogP contribution < -0.4 is 10.2 Å². The molecule has 1 N–H and O–H groups in total. The van der Waals surface area contributed by atoms with Crippen molar-refractivity contribution < 1.29 is 41.4 Å². The van der Waals surface area contributed by atoms with Crippen LogP contribution in [0, 0.1) is 0 Å². The van der Waals surface area contributed by atoms with Gasteiger partial charge in [-0.2, -0.15) is 50.5 Å². The molecule has 0 spiro atoms. The number of rotatable bonds is 33. The average Bonchev–Trinajstić information content (AvgIpc) is 3.36. The van der Waals surface area contributed by atoms with Gasteiger partial charge >= 0.3 is 0 Å². The van der Waals surface area contributed by atoms with Crippen molar-refractivity contribution in [3.05, 3.63) is 58.7 Å². The monoisotopic (exact) mass is 1310 g/mol. The van der Waals surface area contributed by atoms with Gasteiger partial charge in [0.05, 0.1) is 70.8 Å². The van der Waals surface area contributed by atoms with Crippen molar-refractivity contribution >= 4 is 101 Å². The topological polar surface area (TPSA) is 106 Å². The van der Waals surface area contributed by atoms with E-state index >= 15 is 0 Å². The van der Waals surface area contributed by atoms with Gasteiger partial charge in [0.25, 0.3) is 0 Å². The summed E-state index contributed by atoms with van der Waals surface area (Å²) in [6.45, 7) is 68.2. The maximum Gasteiger partial charge on any atom is 0.192 e. The highest BCUT2D eigenvalue weighted by Crippen LogP contribution is 2.41. The fourth-order valence-electron chi connectivity index (χ4n) is 6.19. The van der Waals surface area contributed by atoms with Crippen LogP contribution >= 0.6 is 50.5 Å². The molecule has 11 nitrogen and oxygen atoms in total. The highest BCUT2D eigenvalue weighted by molar-refractivity contribution is 7.82. The molecule has 0 aliphatic rings. The Labute approximate surface area is 539 Å². The fourth-order valence-corrected chi connectivity index (χ4v) is 10.2. The van der Waals surface area contributed by atoms with E-state index in [1.54, 1.807) is 26.4 Å². The van der Waals surface area contributed by atoms with Crippen molar-refractivity contribution in [1.82, 2.24) is 0 Å². The Bertz CT molecular complexity index is 1910. The molecule has 0 heterocycles. The van der Waals surface area contributed by atoms with Crippen molar-refractivity contribution in [2.75, 3.05) is 95.2 Å². The van der Waals surface area contributed by atoms with Crippen LogP contribution in [0.25, 0.3) is 0 Å². The normalized spacial score (nSPS) is 12.9. The van der Waals surface area contributed by atoms with Crippen LogP contribution in [-0.2, 0) is 67.9 Å². The fraction of sp³-hybridized carbons (Fsp3) is 0.797. The van der Waals surface area contributed by atoms with Crippen LogP contribution in [-0.4, -0.2) is 134 Å². The summed E-state index contributed by atoms with van der Waals surface area (Å²) in [5.41, 5.74) is 7.04. The van der Waals surface area contributed by atoms with Crippen LogP contribution in [0.15, 0.2) is 36.4 Å². The van der Waals surface area contributed by atoms with E-state index in [2.05, 4.69) is 248 Å². The second-order valence-electron chi connectivity index (χ2n) is 28.6. The van der Waals surface area contributed by atoms with Crippen LogP contribution in [0.1, 0.15) is 160 Å². The highest BCUT2D eigenvalue weighted by atomic mass is 32.1. The molecule has 2 rings (SSSR count). The highest BCUT2D eigenvalue weighted by Gasteiger charge is 2.40. The quantitative estimate of drug-likeness (QED) is 0.0204. The minimum atomic E-state index is -1.88. The van der Waals surface area contributed by atoms with Gasteiger partial charge in [0, 0.05) is 49.0 Å². The minimum absolute atomic E-state index is 0.157. The van der Waals surface area contributed by atoms with Crippen molar-refractivity contribution in [2.24, 2.45) is 0 Å². The summed E-state index contributed by atoms with van der Waals surface area (Å²) >= 11 is 15.8. The van der Waals surface area contributed by atoms with E-state index in [0.717, 1.165) is 57.7 Å². The number of hydrogen-bond acceptors (Lipinski definition) is 15. The molecule has 2 aromatic carbocycles. The largest absolute Gasteiger partial charge is 0.413 e. The van der Waals surface area contributed by atoms with Gasteiger partial charge in [0.15, 0.2) is 33.3 Å². The lowest BCUT2D eigenvalue weighted by Gasteiger charge is -2.37. The Morgan fingerprint density at radius 2 is 0.723 bits per heavy atom. The van der Waals surface area contributed by atoms with Crippen molar-refractivity contribution in [2.45, 2.75) is 246 Å². The predicted molar refractivity (Wildman–Crippen MR) is 387 cm³/mol. The molecule has 490 valence electrons. The number of nitrogens with zero attached hydrogens (tertiary/aromatic N) is 1. The van der Waals surface area contributed by atoms with Gasteiger partial charge < -0.3 is 51.7 Å². The van der Waals surface area contributed by atoms with Crippen molar-refractivity contribution in [3.8, 4) is 0 Å². The third-order valence-corrected chi connectivity index (χ3v) is 33.6. The molecular formula is C64H130N2O9S4Si4. The Morgan fingerprint density at radius 1 is 0.446 bits per heavy atom. The molecule has 83 heavy (non-hydrogen) atoms. The Hall–Kier alpha value is -0.342. The van der Waals surface area contributed by atoms with Gasteiger partial charge in [-0.15, -0.1) is 0 Å². The number of carbonyl (C=O) groups excluding carboxylic acids is 1. The zero-order chi connectivity index (χ0) is 65.4. The second-order valence-corrected chi connectivity index (χ2v) is 50.2. The number of thiol groups is 4. The van der Waals surface area contributed by atoms with E-state index in [9.17, 15) is 4.79 Å². The molecule has 0 fully saturated rings. The van der Waals surface area contributed by atoms with Gasteiger partial charge in [0.1, 0.15) is 6.29 Å². The van der Waals surface area contributed by atoms with Gasteiger partial charge in [-0.1, -0.05) is 109 Å². The Balaban J connectivity index is -0.00000134. The van der Waals surface area contributed by atoms with Crippen LogP contribution in [0.3, 0.4) is 0 Å². The van der Waals surface area contributed by atoms with E-state index in [0.29, 0.717) is 66.1 Å². The van der Waals surface area contributed by atoms with Crippen LogP contribution in [0.4, 0.5) is 11.4 Å². The maximum absolute atomic E-state index is 9.75. The van der Waals surface area contributed by atoms with Crippen molar-refractivity contribution in [1.29, 1.82) is 0 Å². The van der Waals surface area contributed by atoms with E-state index in [1.165, 1.54) is 27.9 Å². The molecule has 0 saturated heterocycles. The summed E-state index contributed by atoms with van der Waals surface area (Å²) in [6.07, 6.45) is 6.26. The molecule has 0 aromatic heterocycles. The SMILES string of the molecule is CC(C)(S)C=O.CCCOCCOCCN(CC(C)(C)S)c1cc(CO[Si](C)(C)C(C)(C)C)cc(CO[Si](C)(C)C(C)(C)C)c1.CCCOCCOCCNc1cc(CO[Si](C)(C)C(C)(C)C)cc(CO[Si](C)(C)C(C)(C)C)c1.CS.CS. The summed E-state index contributed by atoms with van der Waals surface area (Å²) in [5.74, 6) is 0. The lowest BCUT2D eigenvalue weighted by Crippen LogP contribution is -2.41. The minimum Gasteiger partial charge on any atom is -0.413 e. The number of anilines is 2. The third kappa shape index (κ3) is 39.4. The number of carbonyl (C=O) groups is 1. The summed E-state index contributed by atoms with van der Waals surface area (Å²) < 4.78 is 48.4. The zero-order valence-corrected chi connectivity index (χ0v) is 66.1. The van der Waals surface area contributed by atoms with E-state index < -0.39 is 38.0 Å². The molecule has 0 bridgehead atoms. The zero-order valence-electron chi connectivity index (χ0n) is 58.5. The first-order valence-corrected chi connectivity index (χ1v) is 44.6. The van der Waals surface area contributed by atoms with E-state index in [1.807, 2.05) is 0 Å². The molecule has 0 radical (unpaired) electrons. The summed E-state index contributed by atoms with van der Waals surface area (Å²) in [6, 6.07) is 13.5. The molecule has 0 aliphatic heterocycles. The predicted octanol–water partition coefficient (Wildman–Crippen LogP) is 18.3. The summed E-state index contributed by atoms with van der Waals surface area (Å²) in [4.78, 5) is 12.1. The molecule has 0 aliphatic carbocycles. The molecule has 0 unspecified atom stereocenters. The summed E-state index contributed by atoms with van der Waals surface area (Å²) in [7, 11) is -7.41. The molecule has 0 amide bonds. The lowest BCUT2D eigenvalue weighted by molar-refractivity contribution is -0.109. The smallest absolute Gasteiger partial charge is 0.192 e. The number of benzene rings is 2. The van der Waals surface area contributed by atoms with Gasteiger partial charge in [-0.05, 0) is 172 Å². The molecule has 0 saturated carbocycles. The molecule has 19 heteroatoms. The van der Waals surface area contributed by atoms with Gasteiger partial charge in [0.2, 0.25) is 0 Å². The standard InChI is InChI=1S/C31H61NO4SSi2.C27H53NO4Si2.C4H8OS.2CH4S/c1-14-16-33-18-19-34-17-15-32(25-31(8,9)37)28-21-26(23-35-38(10,11)29(2,3)4)20-27(22-28)24-36-39(12,13)30(5,6)7;1-12-14-29-16-17-30-15-13-28-25-19-23(21-31-33(8,9)26(2,3)4)18-24(20-25)22-32-34(10,11)27(5,6)7;1-4(2,6)3-5;2*1-2/h20-22,37H,14-19,23-25H2,1-13H3;18-20,28H,12-17,21-22H2,1-11H3;3,6H,1-2H3;2*2H,1H3. The molecule has 0 atom stereocenters. The van der Waals surface area contributed by atoms with Crippen LogP contribution in [0.5, 0.6) is 0 Å². The number of hydrogen-bond donors (Lipinski definition) is 5. The Morgan fingerprint density at radius 3 is 0.988 bits per heavy atom. The number of nitrogens with one attached hydrogen (secondary N) is 1. The van der Waals surface area contributed by atoms with E-state index in [4.69, 9.17) is 49.3 Å². The molecular weight excluding hydrogens is 1180 g/mol. The first-order chi connectivity index (χ1) is 37.8. The third-order valence-electron chi connectivity index (χ3n) is 15.5. The second kappa shape index (κ2) is 41.1. The molecule has 2 aromatic rings. The van der Waals surface area contributed by atoms with Gasteiger partial charge in [-0.25, -0.2) is 0 Å². The van der Waals surface area contributed by atoms with Gasteiger partial charge in [-0.3, -0.25) is 0 Å². The summed E-state index contributed by atoms with van der Waals surface area (Å²) in [5, 5.41) is 4.24. The number of aldehydes is 1. The van der Waals surface area contributed by atoms with Crippen molar-refractivity contribution in [3.63, 3.8) is 0 Å². The van der Waals surface area contributed by atoms with Crippen LogP contribution in [0.2, 0.25) is 72.5 Å². The average molecular weight is 1310 g/mol. The van der Waals surface area contributed by atoms with E-state index in [-0.39, 0.29) is 24.9 Å². The first-order valence-electron chi connectivity index (χ1n) is 30.3. The number of ether oxygens (including phenoxy) is 4. The lowest BCUT2D eigenvalue weighted by atomic mass is 10.1. The Kier molecular flexibility index (Phi) is 43.0.